The van der Waals surface area contributed by atoms with Gasteiger partial charge in [0.2, 0.25) is 5.78 Å². The van der Waals surface area contributed by atoms with E-state index < -0.39 is 30.2 Å². The van der Waals surface area contributed by atoms with Crippen molar-refractivity contribution in [1.29, 1.82) is 0 Å². The Morgan fingerprint density at radius 3 is 2.78 bits per heavy atom. The minimum atomic E-state index is -3.48. The van der Waals surface area contributed by atoms with Gasteiger partial charge in [0.05, 0.1) is 6.42 Å². The van der Waals surface area contributed by atoms with Gasteiger partial charge in [0.1, 0.15) is 6.10 Å². The third kappa shape index (κ3) is 2.12. The first-order chi connectivity index (χ1) is 8.45. The highest BCUT2D eigenvalue weighted by molar-refractivity contribution is 6.03. The maximum atomic E-state index is 13.5. The van der Waals surface area contributed by atoms with Gasteiger partial charge in [-0.3, -0.25) is 9.59 Å². The normalized spacial score (nSPS) is 21.3. The average Bonchev–Trinajstić information content (AvgIpc) is 2.35. The van der Waals surface area contributed by atoms with Crippen molar-refractivity contribution in [3.63, 3.8) is 0 Å². The lowest BCUT2D eigenvalue weighted by atomic mass is 9.86. The van der Waals surface area contributed by atoms with Gasteiger partial charge in [-0.15, -0.1) is 0 Å². The standard InChI is InChI=1S/C13H12F2O3/c1-2-11(16)18-10-7-13(14,15)12(17)9-6-4-3-5-8(9)10/h3-6,10H,2,7H2,1H3. The zero-order valence-electron chi connectivity index (χ0n) is 9.78. The van der Waals surface area contributed by atoms with Crippen molar-refractivity contribution in [1.82, 2.24) is 0 Å². The van der Waals surface area contributed by atoms with E-state index in [2.05, 4.69) is 0 Å². The molecule has 0 aromatic heterocycles. The SMILES string of the molecule is CCC(=O)OC1CC(F)(F)C(=O)c2ccccc21. The molecule has 1 unspecified atom stereocenters. The molecule has 1 atom stereocenters. The van der Waals surface area contributed by atoms with Crippen LogP contribution in [0, 0.1) is 0 Å². The summed E-state index contributed by atoms with van der Waals surface area (Å²) in [6, 6.07) is 6.01. The van der Waals surface area contributed by atoms with E-state index in [1.54, 1.807) is 13.0 Å². The van der Waals surface area contributed by atoms with Crippen LogP contribution in [0.15, 0.2) is 24.3 Å². The molecule has 96 valence electrons. The average molecular weight is 254 g/mol. The molecule has 0 fully saturated rings. The van der Waals surface area contributed by atoms with Crippen molar-refractivity contribution in [3.8, 4) is 0 Å². The molecule has 0 bridgehead atoms. The lowest BCUT2D eigenvalue weighted by Crippen LogP contribution is -2.37. The predicted octanol–water partition coefficient (Wildman–Crippen LogP) is 2.90. The van der Waals surface area contributed by atoms with Crippen molar-refractivity contribution in [2.24, 2.45) is 0 Å². The summed E-state index contributed by atoms with van der Waals surface area (Å²) in [5, 5.41) is 0. The molecular formula is C13H12F2O3. The van der Waals surface area contributed by atoms with Crippen LogP contribution in [0.25, 0.3) is 0 Å². The molecule has 2 rings (SSSR count). The molecule has 0 saturated heterocycles. The number of benzene rings is 1. The third-order valence-corrected chi connectivity index (χ3v) is 2.89. The summed E-state index contributed by atoms with van der Waals surface area (Å²) < 4.78 is 32.1. The molecule has 0 radical (unpaired) electrons. The molecule has 0 saturated carbocycles. The Morgan fingerprint density at radius 2 is 2.11 bits per heavy atom. The van der Waals surface area contributed by atoms with Crippen molar-refractivity contribution >= 4 is 11.8 Å². The number of halogens is 2. The fourth-order valence-corrected chi connectivity index (χ4v) is 1.96. The van der Waals surface area contributed by atoms with E-state index in [4.69, 9.17) is 4.74 Å². The first kappa shape index (κ1) is 12.7. The Labute approximate surface area is 103 Å². The number of hydrogen-bond acceptors (Lipinski definition) is 3. The molecule has 0 amide bonds. The van der Waals surface area contributed by atoms with Crippen molar-refractivity contribution < 1.29 is 23.1 Å². The Balaban J connectivity index is 2.41. The Bertz CT molecular complexity index is 497. The van der Waals surface area contributed by atoms with Gasteiger partial charge >= 0.3 is 11.9 Å². The highest BCUT2D eigenvalue weighted by Gasteiger charge is 2.48. The van der Waals surface area contributed by atoms with Crippen LogP contribution in [0.5, 0.6) is 0 Å². The number of carbonyl (C=O) groups excluding carboxylic acids is 2. The number of ether oxygens (including phenoxy) is 1. The molecule has 5 heteroatoms. The molecule has 0 N–H and O–H groups in total. The molecule has 1 aliphatic rings. The molecule has 0 spiro atoms. The van der Waals surface area contributed by atoms with E-state index in [9.17, 15) is 18.4 Å². The lowest BCUT2D eigenvalue weighted by Gasteiger charge is -2.29. The van der Waals surface area contributed by atoms with Gasteiger partial charge in [0.15, 0.2) is 0 Å². The Hall–Kier alpha value is -1.78. The highest BCUT2D eigenvalue weighted by atomic mass is 19.3. The number of hydrogen-bond donors (Lipinski definition) is 0. The second-order valence-corrected chi connectivity index (χ2v) is 4.16. The molecule has 1 aromatic rings. The van der Waals surface area contributed by atoms with Crippen LogP contribution in [0.3, 0.4) is 0 Å². The van der Waals surface area contributed by atoms with E-state index in [1.807, 2.05) is 0 Å². The van der Waals surface area contributed by atoms with E-state index in [-0.39, 0.29) is 12.0 Å². The topological polar surface area (TPSA) is 43.4 Å². The van der Waals surface area contributed by atoms with Crippen LogP contribution < -0.4 is 0 Å². The number of esters is 1. The minimum absolute atomic E-state index is 0.0670. The van der Waals surface area contributed by atoms with Crippen LogP contribution in [-0.2, 0) is 9.53 Å². The molecule has 1 aromatic carbocycles. The Kier molecular flexibility index (Phi) is 3.15. The molecule has 18 heavy (non-hydrogen) atoms. The fraction of sp³-hybridized carbons (Fsp3) is 0.385. The number of Topliss-reactive ketones (excluding diaryl/α,β-unsaturated/α-hetero) is 1. The summed E-state index contributed by atoms with van der Waals surface area (Å²) >= 11 is 0. The number of rotatable bonds is 2. The van der Waals surface area contributed by atoms with Gasteiger partial charge in [0.25, 0.3) is 0 Å². The van der Waals surface area contributed by atoms with Crippen LogP contribution in [0.2, 0.25) is 0 Å². The summed E-state index contributed by atoms with van der Waals surface area (Å²) in [5.74, 6) is -5.24. The third-order valence-electron chi connectivity index (χ3n) is 2.89. The van der Waals surface area contributed by atoms with E-state index in [1.165, 1.54) is 18.2 Å². The first-order valence-corrected chi connectivity index (χ1v) is 5.66. The molecule has 0 aliphatic heterocycles. The monoisotopic (exact) mass is 254 g/mol. The van der Waals surface area contributed by atoms with Crippen molar-refractivity contribution in [3.05, 3.63) is 35.4 Å². The smallest absolute Gasteiger partial charge is 0.313 e. The second-order valence-electron chi connectivity index (χ2n) is 4.16. The zero-order chi connectivity index (χ0) is 13.3. The number of ketones is 1. The largest absolute Gasteiger partial charge is 0.457 e. The molecule has 3 nitrogen and oxygen atoms in total. The predicted molar refractivity (Wildman–Crippen MR) is 59.5 cm³/mol. The van der Waals surface area contributed by atoms with E-state index in [0.717, 1.165) is 0 Å². The maximum absolute atomic E-state index is 13.5. The van der Waals surface area contributed by atoms with Gasteiger partial charge in [-0.05, 0) is 0 Å². The van der Waals surface area contributed by atoms with Crippen molar-refractivity contribution in [2.75, 3.05) is 0 Å². The lowest BCUT2D eigenvalue weighted by molar-refractivity contribution is -0.153. The van der Waals surface area contributed by atoms with Crippen molar-refractivity contribution in [2.45, 2.75) is 31.8 Å². The van der Waals surface area contributed by atoms with Gasteiger partial charge in [-0.25, -0.2) is 0 Å². The molecule has 0 heterocycles. The van der Waals surface area contributed by atoms with Crippen LogP contribution >= 0.6 is 0 Å². The second kappa shape index (κ2) is 4.48. The maximum Gasteiger partial charge on any atom is 0.313 e. The Morgan fingerprint density at radius 1 is 1.44 bits per heavy atom. The fourth-order valence-electron chi connectivity index (χ4n) is 1.96. The van der Waals surface area contributed by atoms with E-state index in [0.29, 0.717) is 5.56 Å². The quantitative estimate of drug-likeness (QED) is 0.762. The van der Waals surface area contributed by atoms with Gasteiger partial charge in [0, 0.05) is 17.5 Å². The van der Waals surface area contributed by atoms with Gasteiger partial charge in [-0.2, -0.15) is 8.78 Å². The van der Waals surface area contributed by atoms with Crippen LogP contribution in [0.4, 0.5) is 8.78 Å². The number of fused-ring (bicyclic) bond motifs is 1. The summed E-state index contributed by atoms with van der Waals surface area (Å²) in [6.07, 6.45) is -1.73. The summed E-state index contributed by atoms with van der Waals surface area (Å²) in [4.78, 5) is 22.8. The minimum Gasteiger partial charge on any atom is -0.457 e. The first-order valence-electron chi connectivity index (χ1n) is 5.66. The van der Waals surface area contributed by atoms with Gasteiger partial charge in [-0.1, -0.05) is 31.2 Å². The summed E-state index contributed by atoms with van der Waals surface area (Å²) in [7, 11) is 0. The number of carbonyl (C=O) groups is 2. The highest BCUT2D eigenvalue weighted by Crippen LogP contribution is 2.40. The van der Waals surface area contributed by atoms with Gasteiger partial charge < -0.3 is 4.74 Å². The molecule has 1 aliphatic carbocycles. The van der Waals surface area contributed by atoms with Crippen LogP contribution in [-0.4, -0.2) is 17.7 Å². The molecular weight excluding hydrogens is 242 g/mol. The van der Waals surface area contributed by atoms with Crippen LogP contribution in [0.1, 0.15) is 41.8 Å². The van der Waals surface area contributed by atoms with E-state index >= 15 is 0 Å². The number of alkyl halides is 2. The zero-order valence-corrected chi connectivity index (χ0v) is 9.78. The summed E-state index contributed by atoms with van der Waals surface area (Å²) in [5.41, 5.74) is 0.290. The summed E-state index contributed by atoms with van der Waals surface area (Å²) in [6.45, 7) is 1.58.